The Labute approximate surface area is 149 Å². The molecule has 0 saturated carbocycles. The molecule has 1 aliphatic heterocycles. The summed E-state index contributed by atoms with van der Waals surface area (Å²) in [6.07, 6.45) is 1.37. The highest BCUT2D eigenvalue weighted by Crippen LogP contribution is 2.23. The molecule has 10 heteroatoms. The van der Waals surface area contributed by atoms with E-state index in [-0.39, 0.29) is 10.6 Å². The van der Waals surface area contributed by atoms with Gasteiger partial charge in [-0.05, 0) is 24.3 Å². The van der Waals surface area contributed by atoms with Crippen LogP contribution in [0, 0.1) is 5.82 Å². The van der Waals surface area contributed by atoms with Crippen molar-refractivity contribution in [2.24, 2.45) is 7.05 Å². The summed E-state index contributed by atoms with van der Waals surface area (Å²) in [6.45, 7) is 0.783. The van der Waals surface area contributed by atoms with Crippen LogP contribution in [0.1, 0.15) is 10.4 Å². The summed E-state index contributed by atoms with van der Waals surface area (Å²) in [5, 5.41) is 6.30. The third-order valence-corrected chi connectivity index (χ3v) is 6.47. The Morgan fingerprint density at radius 3 is 2.52 bits per heavy atom. The minimum Gasteiger partial charge on any atom is -0.322 e. The average molecular weight is 384 g/mol. The predicted octanol–water partition coefficient (Wildman–Crippen LogP) is 1.55. The molecule has 1 saturated heterocycles. The maximum absolute atomic E-state index is 13.0. The molecule has 0 aliphatic carbocycles. The molecule has 1 fully saturated rings. The van der Waals surface area contributed by atoms with Gasteiger partial charge in [0.25, 0.3) is 15.9 Å². The molecule has 3 rings (SSSR count). The minimum absolute atomic E-state index is 0.0370. The third-order valence-electron chi connectivity index (χ3n) is 3.70. The number of carbonyl (C=O) groups is 1. The normalized spacial score (nSPS) is 15.9. The van der Waals surface area contributed by atoms with Crippen LogP contribution in [0.5, 0.6) is 0 Å². The minimum atomic E-state index is -3.85. The third kappa shape index (κ3) is 3.86. The molecule has 1 amide bonds. The zero-order valence-corrected chi connectivity index (χ0v) is 15.1. The number of aromatic nitrogens is 2. The summed E-state index contributed by atoms with van der Waals surface area (Å²) in [5.74, 6) is 0.391. The van der Waals surface area contributed by atoms with E-state index in [0.717, 1.165) is 0 Å². The quantitative estimate of drug-likeness (QED) is 0.865. The molecule has 0 spiro atoms. The summed E-state index contributed by atoms with van der Waals surface area (Å²) in [6, 6.07) is 5.23. The lowest BCUT2D eigenvalue weighted by Gasteiger charge is -2.24. The fourth-order valence-electron chi connectivity index (χ4n) is 2.46. The molecule has 1 aromatic heterocycles. The smallest absolute Gasteiger partial charge is 0.263 e. The van der Waals surface area contributed by atoms with Crippen molar-refractivity contribution in [2.75, 3.05) is 29.9 Å². The zero-order valence-electron chi connectivity index (χ0n) is 13.5. The number of thioether (sulfide) groups is 1. The Hall–Kier alpha value is -1.91. The van der Waals surface area contributed by atoms with Crippen molar-refractivity contribution in [3.8, 4) is 0 Å². The Balaban J connectivity index is 1.89. The van der Waals surface area contributed by atoms with E-state index in [9.17, 15) is 17.6 Å². The first-order chi connectivity index (χ1) is 11.9. The van der Waals surface area contributed by atoms with E-state index in [1.54, 1.807) is 18.8 Å². The molecule has 1 aliphatic rings. The van der Waals surface area contributed by atoms with Crippen molar-refractivity contribution in [3.05, 3.63) is 41.8 Å². The first-order valence-corrected chi connectivity index (χ1v) is 10.2. The topological polar surface area (TPSA) is 84.3 Å². The summed E-state index contributed by atoms with van der Waals surface area (Å²) in [5.41, 5.74) is 0.332. The van der Waals surface area contributed by atoms with Gasteiger partial charge in [-0.1, -0.05) is 0 Å². The Kier molecular flexibility index (Phi) is 5.11. The number of halogens is 1. The molecule has 1 N–H and O–H groups in total. The molecule has 25 heavy (non-hydrogen) atoms. The van der Waals surface area contributed by atoms with Crippen molar-refractivity contribution in [2.45, 2.75) is 5.03 Å². The van der Waals surface area contributed by atoms with Crippen LogP contribution in [0.25, 0.3) is 0 Å². The number of rotatable bonds is 4. The first kappa shape index (κ1) is 17.9. The highest BCUT2D eigenvalue weighted by Gasteiger charge is 2.33. The van der Waals surface area contributed by atoms with Gasteiger partial charge in [0, 0.05) is 43.5 Å². The number of hydrogen-bond donors (Lipinski definition) is 1. The van der Waals surface area contributed by atoms with E-state index >= 15 is 0 Å². The molecule has 0 atom stereocenters. The highest BCUT2D eigenvalue weighted by molar-refractivity contribution is 7.99. The number of aryl methyl sites for hydroxylation is 1. The lowest BCUT2D eigenvalue weighted by molar-refractivity contribution is 0.102. The Morgan fingerprint density at radius 2 is 1.88 bits per heavy atom. The van der Waals surface area contributed by atoms with E-state index in [2.05, 4.69) is 10.4 Å². The maximum Gasteiger partial charge on any atom is 0.263 e. The predicted molar refractivity (Wildman–Crippen MR) is 93.6 cm³/mol. The highest BCUT2D eigenvalue weighted by atomic mass is 32.2. The van der Waals surface area contributed by atoms with Gasteiger partial charge in [0.2, 0.25) is 5.03 Å². The van der Waals surface area contributed by atoms with Crippen molar-refractivity contribution < 1.29 is 17.6 Å². The molecule has 2 heterocycles. The van der Waals surface area contributed by atoms with Gasteiger partial charge in [-0.25, -0.2) is 12.8 Å². The zero-order chi connectivity index (χ0) is 18.0. The SMILES string of the molecule is Cn1cc(C(=O)Nc2ccc(F)cc2)c(S(=O)(=O)N2CCSCC2)n1. The fraction of sp³-hybridized carbons (Fsp3) is 0.333. The molecule has 0 unspecified atom stereocenters. The van der Waals surface area contributed by atoms with Crippen molar-refractivity contribution in [1.82, 2.24) is 14.1 Å². The second kappa shape index (κ2) is 7.14. The van der Waals surface area contributed by atoms with Gasteiger partial charge >= 0.3 is 0 Å². The number of hydrogen-bond acceptors (Lipinski definition) is 5. The summed E-state index contributed by atoms with van der Waals surface area (Å²) >= 11 is 1.69. The molecule has 2 aromatic rings. The van der Waals surface area contributed by atoms with E-state index in [1.165, 1.54) is 39.4 Å². The van der Waals surface area contributed by atoms with Gasteiger partial charge in [0.05, 0.1) is 5.56 Å². The van der Waals surface area contributed by atoms with Gasteiger partial charge < -0.3 is 5.32 Å². The number of anilines is 1. The number of benzene rings is 1. The van der Waals surface area contributed by atoms with E-state index in [4.69, 9.17) is 0 Å². The second-order valence-corrected chi connectivity index (χ2v) is 8.58. The maximum atomic E-state index is 13.0. The van der Waals surface area contributed by atoms with Crippen LogP contribution in [0.2, 0.25) is 0 Å². The molecule has 7 nitrogen and oxygen atoms in total. The van der Waals surface area contributed by atoms with E-state index in [0.29, 0.717) is 30.3 Å². The lowest BCUT2D eigenvalue weighted by atomic mass is 10.3. The van der Waals surface area contributed by atoms with Crippen molar-refractivity contribution in [3.63, 3.8) is 0 Å². The number of carbonyl (C=O) groups excluding carboxylic acids is 1. The number of nitrogens with zero attached hydrogens (tertiary/aromatic N) is 3. The van der Waals surface area contributed by atoms with Crippen LogP contribution < -0.4 is 5.32 Å². The molecular weight excluding hydrogens is 367 g/mol. The Bertz CT molecular complexity index is 875. The monoisotopic (exact) mass is 384 g/mol. The summed E-state index contributed by atoms with van der Waals surface area (Å²) in [7, 11) is -2.29. The standard InChI is InChI=1S/C15H17FN4O3S2/c1-19-10-13(14(21)17-12-4-2-11(16)3-5-12)15(18-19)25(22,23)20-6-8-24-9-7-20/h2-5,10H,6-9H2,1H3,(H,17,21). The number of sulfonamides is 1. The van der Waals surface area contributed by atoms with Gasteiger partial charge in [0.15, 0.2) is 0 Å². The van der Waals surface area contributed by atoms with Crippen LogP contribution in [0.3, 0.4) is 0 Å². The van der Waals surface area contributed by atoms with Crippen molar-refractivity contribution in [1.29, 1.82) is 0 Å². The van der Waals surface area contributed by atoms with Gasteiger partial charge in [-0.2, -0.15) is 21.2 Å². The summed E-state index contributed by atoms with van der Waals surface area (Å²) < 4.78 is 41.3. The van der Waals surface area contributed by atoms with Gasteiger partial charge in [-0.3, -0.25) is 9.48 Å². The van der Waals surface area contributed by atoms with Crippen LogP contribution in [-0.4, -0.2) is 53.0 Å². The van der Waals surface area contributed by atoms with E-state index in [1.807, 2.05) is 0 Å². The van der Waals surface area contributed by atoms with Crippen LogP contribution in [0.15, 0.2) is 35.5 Å². The lowest BCUT2D eigenvalue weighted by Crippen LogP contribution is -2.38. The molecular formula is C15H17FN4O3S2. The van der Waals surface area contributed by atoms with Crippen LogP contribution >= 0.6 is 11.8 Å². The summed E-state index contributed by atoms with van der Waals surface area (Å²) in [4.78, 5) is 12.5. The van der Waals surface area contributed by atoms with E-state index < -0.39 is 21.7 Å². The Morgan fingerprint density at radius 1 is 1.24 bits per heavy atom. The molecule has 1 aromatic carbocycles. The fourth-order valence-corrected chi connectivity index (χ4v) is 5.15. The average Bonchev–Trinajstić information content (AvgIpc) is 3.00. The van der Waals surface area contributed by atoms with Gasteiger partial charge in [0.1, 0.15) is 5.82 Å². The molecule has 134 valence electrons. The number of nitrogens with one attached hydrogen (secondary N) is 1. The molecule has 0 radical (unpaired) electrons. The first-order valence-electron chi connectivity index (χ1n) is 7.56. The second-order valence-electron chi connectivity index (χ2n) is 5.50. The van der Waals surface area contributed by atoms with Crippen LogP contribution in [-0.2, 0) is 17.1 Å². The van der Waals surface area contributed by atoms with Crippen LogP contribution in [0.4, 0.5) is 10.1 Å². The van der Waals surface area contributed by atoms with Gasteiger partial charge in [-0.15, -0.1) is 0 Å². The number of amides is 1. The largest absolute Gasteiger partial charge is 0.322 e. The van der Waals surface area contributed by atoms with Crippen molar-refractivity contribution >= 4 is 33.4 Å². The molecule has 0 bridgehead atoms.